The molecule has 3 aromatic carbocycles. The summed E-state index contributed by atoms with van der Waals surface area (Å²) in [6.45, 7) is 0. The lowest BCUT2D eigenvalue weighted by atomic mass is 10.1. The van der Waals surface area contributed by atoms with E-state index in [0.29, 0.717) is 5.56 Å². The fourth-order valence-corrected chi connectivity index (χ4v) is 2.25. The number of hydrazone groups is 1. The summed E-state index contributed by atoms with van der Waals surface area (Å²) in [5.74, 6) is 0.544. The Hall–Kier alpha value is -3.14. The van der Waals surface area contributed by atoms with Crippen LogP contribution in [0.15, 0.2) is 71.8 Å². The van der Waals surface area contributed by atoms with Gasteiger partial charge in [0.15, 0.2) is 0 Å². The Morgan fingerprint density at radius 2 is 1.74 bits per heavy atom. The molecule has 3 rings (SSSR count). The molecule has 114 valence electrons. The molecule has 0 aliphatic carbocycles. The molecule has 0 aliphatic heterocycles. The highest BCUT2D eigenvalue weighted by Crippen LogP contribution is 2.15. The zero-order valence-electron chi connectivity index (χ0n) is 12.7. The van der Waals surface area contributed by atoms with Gasteiger partial charge in [-0.05, 0) is 52.7 Å². The third-order valence-electron chi connectivity index (χ3n) is 3.51. The smallest absolute Gasteiger partial charge is 0.271 e. The van der Waals surface area contributed by atoms with Crippen LogP contribution < -0.4 is 10.2 Å². The monoisotopic (exact) mass is 304 g/mol. The maximum atomic E-state index is 12.1. The van der Waals surface area contributed by atoms with E-state index in [9.17, 15) is 4.79 Å². The number of ether oxygens (including phenoxy) is 1. The molecule has 1 amide bonds. The van der Waals surface area contributed by atoms with E-state index in [2.05, 4.69) is 10.5 Å². The minimum atomic E-state index is -0.236. The zero-order chi connectivity index (χ0) is 16.1. The molecule has 23 heavy (non-hydrogen) atoms. The molecule has 0 heterocycles. The molecule has 0 atom stereocenters. The fourth-order valence-electron chi connectivity index (χ4n) is 2.25. The fraction of sp³-hybridized carbons (Fsp3) is 0.0526. The second-order valence-electron chi connectivity index (χ2n) is 5.03. The molecular formula is C19H16N2O2. The normalized spacial score (nSPS) is 10.8. The van der Waals surface area contributed by atoms with Gasteiger partial charge in [-0.2, -0.15) is 5.10 Å². The Balaban J connectivity index is 1.68. The van der Waals surface area contributed by atoms with Gasteiger partial charge in [0.05, 0.1) is 13.3 Å². The first kappa shape index (κ1) is 14.8. The molecule has 0 spiro atoms. The van der Waals surface area contributed by atoms with Gasteiger partial charge < -0.3 is 4.74 Å². The van der Waals surface area contributed by atoms with Crippen molar-refractivity contribution in [3.05, 3.63) is 77.9 Å². The quantitative estimate of drug-likeness (QED) is 0.591. The molecule has 3 aromatic rings. The highest BCUT2D eigenvalue weighted by Gasteiger charge is 2.04. The summed E-state index contributed by atoms with van der Waals surface area (Å²) < 4.78 is 5.09. The summed E-state index contributed by atoms with van der Waals surface area (Å²) in [5, 5.41) is 6.12. The van der Waals surface area contributed by atoms with Crippen molar-refractivity contribution in [1.29, 1.82) is 0 Å². The molecule has 0 aromatic heterocycles. The van der Waals surface area contributed by atoms with Crippen LogP contribution in [0.25, 0.3) is 10.8 Å². The highest BCUT2D eigenvalue weighted by atomic mass is 16.5. The average molecular weight is 304 g/mol. The molecule has 0 fully saturated rings. The van der Waals surface area contributed by atoms with Crippen LogP contribution in [0.1, 0.15) is 15.9 Å². The van der Waals surface area contributed by atoms with Crippen LogP contribution in [0.5, 0.6) is 5.75 Å². The lowest BCUT2D eigenvalue weighted by molar-refractivity contribution is 0.0955. The van der Waals surface area contributed by atoms with Crippen LogP contribution in [-0.4, -0.2) is 19.2 Å². The number of methoxy groups -OCH3 is 1. The van der Waals surface area contributed by atoms with E-state index in [1.54, 1.807) is 19.4 Å². The highest BCUT2D eigenvalue weighted by molar-refractivity contribution is 5.98. The van der Waals surface area contributed by atoms with Crippen molar-refractivity contribution in [2.75, 3.05) is 7.11 Å². The van der Waals surface area contributed by atoms with E-state index in [4.69, 9.17) is 4.74 Å². The lowest BCUT2D eigenvalue weighted by Gasteiger charge is -2.02. The lowest BCUT2D eigenvalue weighted by Crippen LogP contribution is -2.17. The van der Waals surface area contributed by atoms with E-state index in [-0.39, 0.29) is 5.91 Å². The van der Waals surface area contributed by atoms with Crippen LogP contribution in [-0.2, 0) is 0 Å². The summed E-state index contributed by atoms with van der Waals surface area (Å²) in [6.07, 6.45) is 1.60. The molecule has 0 aliphatic rings. The first-order valence-electron chi connectivity index (χ1n) is 7.22. The maximum Gasteiger partial charge on any atom is 0.271 e. The SMILES string of the molecule is COc1ccc(C=NNC(=O)c2ccc3ccccc3c2)cc1. The molecule has 0 unspecified atom stereocenters. The molecule has 4 heteroatoms. The number of rotatable bonds is 4. The Kier molecular flexibility index (Phi) is 4.34. The zero-order valence-corrected chi connectivity index (χ0v) is 12.7. The van der Waals surface area contributed by atoms with Crippen LogP contribution in [0.3, 0.4) is 0 Å². The standard InChI is InChI=1S/C19H16N2O2/c1-23-18-10-6-14(7-11-18)13-20-21-19(22)17-9-8-15-4-2-3-5-16(15)12-17/h2-13H,1H3,(H,21,22). The first-order valence-corrected chi connectivity index (χ1v) is 7.22. The summed E-state index contributed by atoms with van der Waals surface area (Å²) >= 11 is 0. The van der Waals surface area contributed by atoms with Crippen LogP contribution in [0.2, 0.25) is 0 Å². The summed E-state index contributed by atoms with van der Waals surface area (Å²) in [5.41, 5.74) is 4.00. The van der Waals surface area contributed by atoms with Crippen molar-refractivity contribution in [3.63, 3.8) is 0 Å². The number of hydrogen-bond acceptors (Lipinski definition) is 3. The van der Waals surface area contributed by atoms with Gasteiger partial charge in [0.2, 0.25) is 0 Å². The number of carbonyl (C=O) groups is 1. The Bertz CT molecular complexity index is 855. The second kappa shape index (κ2) is 6.75. The summed E-state index contributed by atoms with van der Waals surface area (Å²) in [6, 6.07) is 20.9. The Labute approximate surface area is 134 Å². The van der Waals surface area contributed by atoms with Crippen LogP contribution in [0.4, 0.5) is 0 Å². The van der Waals surface area contributed by atoms with Crippen molar-refractivity contribution in [3.8, 4) is 5.75 Å². The van der Waals surface area contributed by atoms with Crippen LogP contribution in [0, 0.1) is 0 Å². The molecular weight excluding hydrogens is 288 g/mol. The predicted octanol–water partition coefficient (Wildman–Crippen LogP) is 3.61. The van der Waals surface area contributed by atoms with Gasteiger partial charge >= 0.3 is 0 Å². The van der Waals surface area contributed by atoms with Gasteiger partial charge in [-0.25, -0.2) is 5.43 Å². The molecule has 0 radical (unpaired) electrons. The van der Waals surface area contributed by atoms with E-state index in [1.807, 2.05) is 60.7 Å². The van der Waals surface area contributed by atoms with Crippen molar-refractivity contribution < 1.29 is 9.53 Å². The number of benzene rings is 3. The predicted molar refractivity (Wildman–Crippen MR) is 92.0 cm³/mol. The van der Waals surface area contributed by atoms with Gasteiger partial charge in [-0.3, -0.25) is 4.79 Å². The van der Waals surface area contributed by atoms with Gasteiger partial charge in [0.25, 0.3) is 5.91 Å². The van der Waals surface area contributed by atoms with Gasteiger partial charge in [0.1, 0.15) is 5.75 Å². The number of carbonyl (C=O) groups excluding carboxylic acids is 1. The molecule has 0 saturated carbocycles. The molecule has 0 saturated heterocycles. The number of nitrogens with zero attached hydrogens (tertiary/aromatic N) is 1. The van der Waals surface area contributed by atoms with Crippen molar-refractivity contribution in [1.82, 2.24) is 5.43 Å². The third kappa shape index (κ3) is 3.55. The number of fused-ring (bicyclic) bond motifs is 1. The number of hydrogen-bond donors (Lipinski definition) is 1. The van der Waals surface area contributed by atoms with Gasteiger partial charge in [-0.1, -0.05) is 30.3 Å². The maximum absolute atomic E-state index is 12.1. The van der Waals surface area contributed by atoms with Gasteiger partial charge in [-0.15, -0.1) is 0 Å². The Morgan fingerprint density at radius 1 is 1.00 bits per heavy atom. The third-order valence-corrected chi connectivity index (χ3v) is 3.51. The summed E-state index contributed by atoms with van der Waals surface area (Å²) in [7, 11) is 1.62. The van der Waals surface area contributed by atoms with E-state index < -0.39 is 0 Å². The number of nitrogens with one attached hydrogen (secondary N) is 1. The molecule has 0 bridgehead atoms. The van der Waals surface area contributed by atoms with Crippen molar-refractivity contribution in [2.24, 2.45) is 5.10 Å². The summed E-state index contributed by atoms with van der Waals surface area (Å²) in [4.78, 5) is 12.1. The molecule has 4 nitrogen and oxygen atoms in total. The van der Waals surface area contributed by atoms with Crippen molar-refractivity contribution in [2.45, 2.75) is 0 Å². The first-order chi connectivity index (χ1) is 11.3. The minimum Gasteiger partial charge on any atom is -0.497 e. The Morgan fingerprint density at radius 3 is 2.48 bits per heavy atom. The number of amides is 1. The van der Waals surface area contributed by atoms with Gasteiger partial charge in [0, 0.05) is 5.56 Å². The van der Waals surface area contributed by atoms with Crippen molar-refractivity contribution >= 4 is 22.9 Å². The second-order valence-corrected chi connectivity index (χ2v) is 5.03. The van der Waals surface area contributed by atoms with E-state index in [0.717, 1.165) is 22.1 Å². The minimum absolute atomic E-state index is 0.236. The molecule has 1 N–H and O–H groups in total. The van der Waals surface area contributed by atoms with E-state index in [1.165, 1.54) is 0 Å². The largest absolute Gasteiger partial charge is 0.497 e. The van der Waals surface area contributed by atoms with Crippen LogP contribution >= 0.6 is 0 Å². The van der Waals surface area contributed by atoms with E-state index >= 15 is 0 Å². The topological polar surface area (TPSA) is 50.7 Å². The average Bonchev–Trinajstić information content (AvgIpc) is 2.61.